The molecule has 0 spiro atoms. The van der Waals surface area contributed by atoms with Crippen LogP contribution in [0, 0.1) is 6.92 Å². The molecule has 5 heteroatoms. The molecular weight excluding hydrogens is 248 g/mol. The quantitative estimate of drug-likeness (QED) is 0.801. The van der Waals surface area contributed by atoms with Crippen molar-refractivity contribution >= 4 is 11.6 Å². The van der Waals surface area contributed by atoms with Crippen molar-refractivity contribution in [2.45, 2.75) is 33.6 Å². The van der Waals surface area contributed by atoms with Crippen LogP contribution in [-0.2, 0) is 19.9 Å². The van der Waals surface area contributed by atoms with Crippen molar-refractivity contribution in [1.29, 1.82) is 0 Å². The van der Waals surface area contributed by atoms with Gasteiger partial charge >= 0.3 is 0 Å². The van der Waals surface area contributed by atoms with Gasteiger partial charge in [0.25, 0.3) is 0 Å². The van der Waals surface area contributed by atoms with Crippen LogP contribution in [0.15, 0.2) is 6.20 Å². The zero-order chi connectivity index (χ0) is 13.3. The highest BCUT2D eigenvalue weighted by molar-refractivity contribution is 6.30. The van der Waals surface area contributed by atoms with E-state index in [9.17, 15) is 0 Å². The van der Waals surface area contributed by atoms with Crippen LogP contribution in [0.4, 0.5) is 0 Å². The third-order valence-electron chi connectivity index (χ3n) is 3.00. The molecular formula is C13H17ClN4. The fraction of sp³-hybridized carbons (Fsp3) is 0.462. The Hall–Kier alpha value is -1.42. The maximum absolute atomic E-state index is 6.17. The van der Waals surface area contributed by atoms with E-state index in [1.165, 1.54) is 0 Å². The Bertz CT molecular complexity index is 575. The number of nitrogens with zero attached hydrogens (tertiary/aromatic N) is 4. The van der Waals surface area contributed by atoms with E-state index in [1.54, 1.807) is 4.68 Å². The van der Waals surface area contributed by atoms with Crippen LogP contribution in [0.3, 0.4) is 0 Å². The molecule has 0 saturated heterocycles. The third-order valence-corrected chi connectivity index (χ3v) is 3.37. The smallest absolute Gasteiger partial charge is 0.164 e. The summed E-state index contributed by atoms with van der Waals surface area (Å²) in [6, 6.07) is 0. The number of hydrogen-bond acceptors (Lipinski definition) is 3. The summed E-state index contributed by atoms with van der Waals surface area (Å²) in [6.45, 7) is 6.09. The highest BCUT2D eigenvalue weighted by Crippen LogP contribution is 2.24. The van der Waals surface area contributed by atoms with Gasteiger partial charge in [-0.1, -0.05) is 25.4 Å². The lowest BCUT2D eigenvalue weighted by Crippen LogP contribution is -2.00. The molecule has 0 aliphatic heterocycles. The van der Waals surface area contributed by atoms with Crippen LogP contribution in [0.1, 0.15) is 30.8 Å². The van der Waals surface area contributed by atoms with Crippen molar-refractivity contribution in [3.05, 3.63) is 28.3 Å². The first-order valence-corrected chi connectivity index (χ1v) is 6.50. The van der Waals surface area contributed by atoms with Crippen molar-refractivity contribution in [3.8, 4) is 11.4 Å². The molecule has 0 saturated carbocycles. The van der Waals surface area contributed by atoms with Crippen molar-refractivity contribution in [2.24, 2.45) is 7.05 Å². The summed E-state index contributed by atoms with van der Waals surface area (Å²) < 4.78 is 1.79. The fourth-order valence-electron chi connectivity index (χ4n) is 1.98. The highest BCUT2D eigenvalue weighted by atomic mass is 35.5. The predicted molar refractivity (Wildman–Crippen MR) is 72.7 cm³/mol. The maximum Gasteiger partial charge on any atom is 0.164 e. The van der Waals surface area contributed by atoms with E-state index in [-0.39, 0.29) is 0 Å². The Morgan fingerprint density at radius 1 is 1.17 bits per heavy atom. The molecule has 0 atom stereocenters. The van der Waals surface area contributed by atoms with Gasteiger partial charge in [0, 0.05) is 24.5 Å². The first kappa shape index (κ1) is 13.0. The standard InChI is InChI=1S/C13H17ClN4/c1-5-10-8(3)12(14)16-13(15-10)9-7-18(4)17-11(9)6-2/h7H,5-6H2,1-4H3. The molecule has 0 unspecified atom stereocenters. The summed E-state index contributed by atoms with van der Waals surface area (Å²) in [4.78, 5) is 8.97. The SMILES string of the molecule is CCc1nn(C)cc1-c1nc(Cl)c(C)c(CC)n1. The Morgan fingerprint density at radius 3 is 2.44 bits per heavy atom. The Labute approximate surface area is 112 Å². The summed E-state index contributed by atoms with van der Waals surface area (Å²) in [5.41, 5.74) is 3.93. The fourth-order valence-corrected chi connectivity index (χ4v) is 2.17. The first-order valence-electron chi connectivity index (χ1n) is 6.12. The van der Waals surface area contributed by atoms with Gasteiger partial charge in [-0.05, 0) is 19.8 Å². The zero-order valence-corrected chi connectivity index (χ0v) is 11.9. The van der Waals surface area contributed by atoms with E-state index in [1.807, 2.05) is 20.2 Å². The lowest BCUT2D eigenvalue weighted by molar-refractivity contribution is 0.746. The topological polar surface area (TPSA) is 43.6 Å². The van der Waals surface area contributed by atoms with Gasteiger partial charge in [-0.2, -0.15) is 5.10 Å². The van der Waals surface area contributed by atoms with Crippen LogP contribution in [0.25, 0.3) is 11.4 Å². The highest BCUT2D eigenvalue weighted by Gasteiger charge is 2.14. The Kier molecular flexibility index (Phi) is 3.66. The molecule has 0 fully saturated rings. The molecule has 0 radical (unpaired) electrons. The minimum absolute atomic E-state index is 0.530. The largest absolute Gasteiger partial charge is 0.275 e. The molecule has 2 aromatic rings. The van der Waals surface area contributed by atoms with E-state index >= 15 is 0 Å². The number of aryl methyl sites for hydroxylation is 3. The Balaban J connectivity index is 2.60. The van der Waals surface area contributed by atoms with Gasteiger partial charge in [0.05, 0.1) is 11.3 Å². The minimum Gasteiger partial charge on any atom is -0.275 e. The molecule has 2 aromatic heterocycles. The molecule has 2 heterocycles. The van der Waals surface area contributed by atoms with Gasteiger partial charge in [-0.25, -0.2) is 9.97 Å². The van der Waals surface area contributed by atoms with Crippen LogP contribution < -0.4 is 0 Å². The number of aromatic nitrogens is 4. The number of halogens is 1. The van der Waals surface area contributed by atoms with Gasteiger partial charge in [-0.15, -0.1) is 0 Å². The van der Waals surface area contributed by atoms with Crippen molar-refractivity contribution < 1.29 is 0 Å². The summed E-state index contributed by atoms with van der Waals surface area (Å²) in [5, 5.41) is 4.94. The maximum atomic E-state index is 6.17. The third kappa shape index (κ3) is 2.25. The molecule has 0 aromatic carbocycles. The molecule has 2 rings (SSSR count). The second-order valence-corrected chi connectivity index (χ2v) is 4.64. The summed E-state index contributed by atoms with van der Waals surface area (Å²) in [5.74, 6) is 0.674. The zero-order valence-electron chi connectivity index (χ0n) is 11.2. The summed E-state index contributed by atoms with van der Waals surface area (Å²) >= 11 is 6.17. The van der Waals surface area contributed by atoms with Crippen LogP contribution >= 0.6 is 11.6 Å². The van der Waals surface area contributed by atoms with Gasteiger partial charge in [0.15, 0.2) is 5.82 Å². The summed E-state index contributed by atoms with van der Waals surface area (Å²) in [7, 11) is 1.90. The first-order chi connectivity index (χ1) is 8.56. The second-order valence-electron chi connectivity index (χ2n) is 4.28. The molecule has 0 aliphatic carbocycles. The van der Waals surface area contributed by atoms with Gasteiger partial charge in [0.1, 0.15) is 5.15 Å². The molecule has 18 heavy (non-hydrogen) atoms. The average Bonchev–Trinajstić information content (AvgIpc) is 2.73. The van der Waals surface area contributed by atoms with Gasteiger partial charge in [0.2, 0.25) is 0 Å². The average molecular weight is 265 g/mol. The second kappa shape index (κ2) is 5.06. The molecule has 0 N–H and O–H groups in total. The van der Waals surface area contributed by atoms with E-state index < -0.39 is 0 Å². The molecule has 0 amide bonds. The number of rotatable bonds is 3. The van der Waals surface area contributed by atoms with Crippen LogP contribution in [0.2, 0.25) is 5.15 Å². The monoisotopic (exact) mass is 264 g/mol. The normalized spacial score (nSPS) is 10.9. The van der Waals surface area contributed by atoms with E-state index in [0.717, 1.165) is 35.4 Å². The van der Waals surface area contributed by atoms with E-state index in [4.69, 9.17) is 11.6 Å². The van der Waals surface area contributed by atoms with Crippen molar-refractivity contribution in [2.75, 3.05) is 0 Å². The lowest BCUT2D eigenvalue weighted by Gasteiger charge is -2.07. The van der Waals surface area contributed by atoms with Crippen molar-refractivity contribution in [3.63, 3.8) is 0 Å². The van der Waals surface area contributed by atoms with Crippen LogP contribution in [0.5, 0.6) is 0 Å². The Morgan fingerprint density at radius 2 is 1.83 bits per heavy atom. The molecule has 96 valence electrons. The van der Waals surface area contributed by atoms with Crippen molar-refractivity contribution in [1.82, 2.24) is 19.7 Å². The lowest BCUT2D eigenvalue weighted by atomic mass is 10.1. The number of hydrogen-bond donors (Lipinski definition) is 0. The summed E-state index contributed by atoms with van der Waals surface area (Å²) in [6.07, 6.45) is 3.65. The minimum atomic E-state index is 0.530. The molecule has 4 nitrogen and oxygen atoms in total. The van der Waals surface area contributed by atoms with Crippen LogP contribution in [-0.4, -0.2) is 19.7 Å². The predicted octanol–water partition coefficient (Wildman–Crippen LogP) is 2.96. The van der Waals surface area contributed by atoms with Gasteiger partial charge in [-0.3, -0.25) is 4.68 Å². The van der Waals surface area contributed by atoms with Gasteiger partial charge < -0.3 is 0 Å². The molecule has 0 aliphatic rings. The molecule has 0 bridgehead atoms. The van der Waals surface area contributed by atoms with E-state index in [2.05, 4.69) is 28.9 Å². The van der Waals surface area contributed by atoms with E-state index in [0.29, 0.717) is 11.0 Å².